The summed E-state index contributed by atoms with van der Waals surface area (Å²) < 4.78 is 13.5. The van der Waals surface area contributed by atoms with Crippen molar-refractivity contribution in [3.8, 4) is 0 Å². The highest BCUT2D eigenvalue weighted by molar-refractivity contribution is 9.10. The first-order chi connectivity index (χ1) is 8.04. The van der Waals surface area contributed by atoms with Crippen LogP contribution in [-0.4, -0.2) is 12.3 Å². The number of carbonyl (C=O) groups excluding carboxylic acids is 1. The average molecular weight is 302 g/mol. The first-order valence-electron chi connectivity index (χ1n) is 5.71. The number of rotatable bonds is 6. The van der Waals surface area contributed by atoms with E-state index < -0.39 is 0 Å². The zero-order valence-corrected chi connectivity index (χ0v) is 11.5. The molecule has 0 spiro atoms. The Morgan fingerprint density at radius 2 is 2.24 bits per heavy atom. The van der Waals surface area contributed by atoms with E-state index in [-0.39, 0.29) is 17.5 Å². The smallest absolute Gasteiger partial charge is 0.140 e. The van der Waals surface area contributed by atoms with Crippen molar-refractivity contribution in [1.29, 1.82) is 0 Å². The minimum atomic E-state index is -0.302. The number of hydrogen-bond donors (Lipinski definition) is 1. The summed E-state index contributed by atoms with van der Waals surface area (Å²) in [7, 11) is 0. The monoisotopic (exact) mass is 301 g/mol. The first-order valence-corrected chi connectivity index (χ1v) is 6.50. The summed E-state index contributed by atoms with van der Waals surface area (Å²) in [5, 5.41) is 0. The molecule has 0 bridgehead atoms. The summed E-state index contributed by atoms with van der Waals surface area (Å²) in [6, 6.07) is 4.40. The van der Waals surface area contributed by atoms with Crippen molar-refractivity contribution in [3.05, 3.63) is 34.1 Å². The number of hydrogen-bond acceptors (Lipinski definition) is 2. The van der Waals surface area contributed by atoms with E-state index in [1.165, 1.54) is 12.1 Å². The molecule has 0 aliphatic carbocycles. The van der Waals surface area contributed by atoms with Crippen molar-refractivity contribution < 1.29 is 9.18 Å². The molecule has 1 rings (SSSR count). The highest BCUT2D eigenvalue weighted by Gasteiger charge is 2.14. The lowest BCUT2D eigenvalue weighted by Gasteiger charge is -2.10. The number of Topliss-reactive ketones (excluding diaryl/α,β-unsaturated/α-hetero) is 1. The Hall–Kier alpha value is -0.740. The van der Waals surface area contributed by atoms with Crippen LogP contribution in [0.3, 0.4) is 0 Å². The fraction of sp³-hybridized carbons (Fsp3) is 0.462. The molecule has 17 heavy (non-hydrogen) atoms. The normalized spacial score (nSPS) is 12.5. The zero-order valence-electron chi connectivity index (χ0n) is 9.88. The van der Waals surface area contributed by atoms with E-state index in [4.69, 9.17) is 5.73 Å². The fourth-order valence-corrected chi connectivity index (χ4v) is 2.10. The lowest BCUT2D eigenvalue weighted by molar-refractivity contribution is -0.121. The Kier molecular flexibility index (Phi) is 5.78. The standard InChI is InChI=1S/C13H17BrFNO/c1-9(3-2-6-16)13(17)7-10-4-5-11(15)8-12(10)14/h4-5,8-9H,2-3,6-7,16H2,1H3. The van der Waals surface area contributed by atoms with Gasteiger partial charge in [-0.15, -0.1) is 0 Å². The Bertz CT molecular complexity index is 395. The van der Waals surface area contributed by atoms with Gasteiger partial charge in [0.05, 0.1) is 0 Å². The van der Waals surface area contributed by atoms with Gasteiger partial charge < -0.3 is 5.73 Å². The number of ketones is 1. The topological polar surface area (TPSA) is 43.1 Å². The van der Waals surface area contributed by atoms with Crippen molar-refractivity contribution in [2.24, 2.45) is 11.7 Å². The van der Waals surface area contributed by atoms with Crippen LogP contribution in [0.25, 0.3) is 0 Å². The molecule has 0 fully saturated rings. The minimum absolute atomic E-state index is 0.00973. The molecule has 0 aromatic heterocycles. The minimum Gasteiger partial charge on any atom is -0.330 e. The van der Waals surface area contributed by atoms with Crippen LogP contribution in [0, 0.1) is 11.7 Å². The Morgan fingerprint density at radius 3 is 2.82 bits per heavy atom. The average Bonchev–Trinajstić information content (AvgIpc) is 2.29. The number of benzene rings is 1. The first kappa shape index (κ1) is 14.3. The van der Waals surface area contributed by atoms with Gasteiger partial charge >= 0.3 is 0 Å². The molecule has 94 valence electrons. The van der Waals surface area contributed by atoms with Crippen LogP contribution in [0.5, 0.6) is 0 Å². The molecule has 1 atom stereocenters. The summed E-state index contributed by atoms with van der Waals surface area (Å²) in [5.41, 5.74) is 6.24. The lowest BCUT2D eigenvalue weighted by atomic mass is 9.95. The van der Waals surface area contributed by atoms with Gasteiger partial charge in [-0.25, -0.2) is 4.39 Å². The van der Waals surface area contributed by atoms with Crippen molar-refractivity contribution in [2.45, 2.75) is 26.2 Å². The maximum Gasteiger partial charge on any atom is 0.140 e. The summed E-state index contributed by atoms with van der Waals surface area (Å²) in [6.07, 6.45) is 2.01. The number of nitrogens with two attached hydrogens (primary N) is 1. The predicted octanol–water partition coefficient (Wildman–Crippen LogP) is 3.07. The second kappa shape index (κ2) is 6.87. The van der Waals surface area contributed by atoms with E-state index in [2.05, 4.69) is 15.9 Å². The molecular weight excluding hydrogens is 285 g/mol. The second-order valence-corrected chi connectivity index (χ2v) is 5.07. The number of halogens is 2. The molecular formula is C13H17BrFNO. The molecule has 0 amide bonds. The van der Waals surface area contributed by atoms with Crippen LogP contribution in [0.4, 0.5) is 4.39 Å². The molecule has 0 aliphatic heterocycles. The van der Waals surface area contributed by atoms with Gasteiger partial charge in [0.2, 0.25) is 0 Å². The Morgan fingerprint density at radius 1 is 1.53 bits per heavy atom. The van der Waals surface area contributed by atoms with E-state index in [1.807, 2.05) is 6.92 Å². The molecule has 1 aromatic carbocycles. The van der Waals surface area contributed by atoms with Crippen LogP contribution in [0.1, 0.15) is 25.3 Å². The van der Waals surface area contributed by atoms with Gasteiger partial charge in [-0.05, 0) is 37.1 Å². The Labute approximate surface area is 110 Å². The van der Waals surface area contributed by atoms with Crippen molar-refractivity contribution >= 4 is 21.7 Å². The van der Waals surface area contributed by atoms with E-state index in [0.29, 0.717) is 17.4 Å². The lowest BCUT2D eigenvalue weighted by Crippen LogP contribution is -2.15. The third kappa shape index (κ3) is 4.56. The summed E-state index contributed by atoms with van der Waals surface area (Å²) in [4.78, 5) is 11.9. The largest absolute Gasteiger partial charge is 0.330 e. The van der Waals surface area contributed by atoms with Crippen LogP contribution >= 0.6 is 15.9 Å². The Balaban J connectivity index is 2.61. The van der Waals surface area contributed by atoms with Crippen molar-refractivity contribution in [1.82, 2.24) is 0 Å². The van der Waals surface area contributed by atoms with Gasteiger partial charge in [0.15, 0.2) is 0 Å². The third-order valence-electron chi connectivity index (χ3n) is 2.77. The molecule has 0 aliphatic rings. The quantitative estimate of drug-likeness (QED) is 0.877. The molecule has 0 radical (unpaired) electrons. The van der Waals surface area contributed by atoms with Gasteiger partial charge in [-0.1, -0.05) is 28.9 Å². The van der Waals surface area contributed by atoms with Crippen LogP contribution < -0.4 is 5.73 Å². The summed E-state index contributed by atoms with van der Waals surface area (Å²) >= 11 is 3.27. The molecule has 1 aromatic rings. The summed E-state index contributed by atoms with van der Waals surface area (Å²) in [6.45, 7) is 2.52. The molecule has 2 nitrogen and oxygen atoms in total. The van der Waals surface area contributed by atoms with Crippen LogP contribution in [-0.2, 0) is 11.2 Å². The third-order valence-corrected chi connectivity index (χ3v) is 3.51. The van der Waals surface area contributed by atoms with Crippen molar-refractivity contribution in [2.75, 3.05) is 6.54 Å². The SMILES string of the molecule is CC(CCCN)C(=O)Cc1ccc(F)cc1Br. The highest BCUT2D eigenvalue weighted by Crippen LogP contribution is 2.20. The zero-order chi connectivity index (χ0) is 12.8. The van der Waals surface area contributed by atoms with E-state index in [1.54, 1.807) is 6.07 Å². The molecule has 2 N–H and O–H groups in total. The maximum absolute atomic E-state index is 12.9. The van der Waals surface area contributed by atoms with Gasteiger partial charge in [0.1, 0.15) is 11.6 Å². The molecule has 4 heteroatoms. The molecule has 0 heterocycles. The molecule has 1 unspecified atom stereocenters. The van der Waals surface area contributed by atoms with E-state index in [0.717, 1.165) is 18.4 Å². The fourth-order valence-electron chi connectivity index (χ4n) is 1.61. The summed E-state index contributed by atoms with van der Waals surface area (Å²) in [5.74, 6) is -0.120. The second-order valence-electron chi connectivity index (χ2n) is 4.21. The van der Waals surface area contributed by atoms with E-state index in [9.17, 15) is 9.18 Å². The maximum atomic E-state index is 12.9. The van der Waals surface area contributed by atoms with E-state index >= 15 is 0 Å². The van der Waals surface area contributed by atoms with Crippen molar-refractivity contribution in [3.63, 3.8) is 0 Å². The van der Waals surface area contributed by atoms with Gasteiger partial charge in [-0.2, -0.15) is 0 Å². The molecule has 0 saturated heterocycles. The highest BCUT2D eigenvalue weighted by atomic mass is 79.9. The number of carbonyl (C=O) groups is 1. The van der Waals surface area contributed by atoms with Crippen LogP contribution in [0.15, 0.2) is 22.7 Å². The van der Waals surface area contributed by atoms with Gasteiger partial charge in [0.25, 0.3) is 0 Å². The van der Waals surface area contributed by atoms with Gasteiger partial charge in [0, 0.05) is 16.8 Å². The van der Waals surface area contributed by atoms with Crippen LogP contribution in [0.2, 0.25) is 0 Å². The molecule has 0 saturated carbocycles. The predicted molar refractivity (Wildman–Crippen MR) is 70.3 cm³/mol. The van der Waals surface area contributed by atoms with Gasteiger partial charge in [-0.3, -0.25) is 4.79 Å².